The lowest BCUT2D eigenvalue weighted by molar-refractivity contribution is -0.127. The van der Waals surface area contributed by atoms with Crippen molar-refractivity contribution in [3.63, 3.8) is 0 Å². The molecule has 0 radical (unpaired) electrons. The van der Waals surface area contributed by atoms with Crippen LogP contribution in [0.15, 0.2) is 48.7 Å². The molecule has 3 heterocycles. The number of rotatable bonds is 7. The molecule has 0 spiro atoms. The molecule has 13 heteroatoms. The third-order valence-electron chi connectivity index (χ3n) is 8.30. The molecule has 2 aliphatic rings. The van der Waals surface area contributed by atoms with Crippen LogP contribution in [-0.4, -0.2) is 71.4 Å². The quantitative estimate of drug-likeness (QED) is 0.310. The normalized spacial score (nSPS) is 17.2. The van der Waals surface area contributed by atoms with Gasteiger partial charge in [0.2, 0.25) is 0 Å². The maximum atomic E-state index is 13.2. The first-order chi connectivity index (χ1) is 21.1. The monoisotopic (exact) mass is 644 g/mol. The number of alkyl halides is 3. The van der Waals surface area contributed by atoms with Crippen molar-refractivity contribution in [1.82, 2.24) is 13.8 Å². The second kappa shape index (κ2) is 12.1. The highest BCUT2D eigenvalue weighted by atomic mass is 32.2. The van der Waals surface area contributed by atoms with Gasteiger partial charge in [-0.05, 0) is 69.4 Å². The van der Waals surface area contributed by atoms with Crippen LogP contribution >= 0.6 is 0 Å². The van der Waals surface area contributed by atoms with Crippen molar-refractivity contribution in [2.75, 3.05) is 26.2 Å². The van der Waals surface area contributed by atoms with Crippen LogP contribution in [0.2, 0.25) is 0 Å². The number of amides is 1. The number of ether oxygens (including phenoxy) is 1. The minimum atomic E-state index is -5.40. The van der Waals surface area contributed by atoms with Gasteiger partial charge in [0.15, 0.2) is 0 Å². The van der Waals surface area contributed by atoms with Gasteiger partial charge in [-0.2, -0.15) is 22.7 Å². The fourth-order valence-corrected chi connectivity index (χ4v) is 6.86. The number of carbonyl (C=O) groups is 2. The zero-order valence-corrected chi connectivity index (χ0v) is 26.1. The summed E-state index contributed by atoms with van der Waals surface area (Å²) in [6.45, 7) is 5.48. The number of hydrogen-bond acceptors (Lipinski definition) is 6. The van der Waals surface area contributed by atoms with Crippen LogP contribution in [0.3, 0.4) is 0 Å². The molecule has 0 atom stereocenters. The Kier molecular flexibility index (Phi) is 8.76. The molecular weight excluding hydrogens is 609 g/mol. The highest BCUT2D eigenvalue weighted by Crippen LogP contribution is 2.38. The van der Waals surface area contributed by atoms with Gasteiger partial charge in [0, 0.05) is 61.3 Å². The van der Waals surface area contributed by atoms with E-state index >= 15 is 0 Å². The number of ketones is 1. The van der Waals surface area contributed by atoms with E-state index in [1.807, 2.05) is 35.0 Å². The molecule has 3 aromatic rings. The van der Waals surface area contributed by atoms with E-state index < -0.39 is 27.2 Å². The Morgan fingerprint density at radius 1 is 1.04 bits per heavy atom. The van der Waals surface area contributed by atoms with Crippen molar-refractivity contribution in [3.8, 4) is 17.2 Å². The van der Waals surface area contributed by atoms with Gasteiger partial charge in [-0.25, -0.2) is 13.2 Å². The van der Waals surface area contributed by atoms with Crippen molar-refractivity contribution in [2.45, 2.75) is 63.6 Å². The van der Waals surface area contributed by atoms with Crippen LogP contribution < -0.4 is 0 Å². The number of halogens is 3. The number of Topliss-reactive ketones (excluding diaryl/α,β-unsaturated/α-hetero) is 1. The molecule has 9 nitrogen and oxygen atoms in total. The number of piperidine rings is 1. The first-order valence-corrected chi connectivity index (χ1v) is 16.2. The largest absolute Gasteiger partial charge is 0.511 e. The fourth-order valence-electron chi connectivity index (χ4n) is 5.88. The minimum absolute atomic E-state index is 0.0533. The summed E-state index contributed by atoms with van der Waals surface area (Å²) in [6, 6.07) is 14.8. The number of aromatic nitrogens is 1. The van der Waals surface area contributed by atoms with Crippen LogP contribution in [0.4, 0.5) is 18.0 Å². The Balaban J connectivity index is 1.35. The lowest BCUT2D eigenvalue weighted by Crippen LogP contribution is -2.54. The predicted octanol–water partition coefficient (Wildman–Crippen LogP) is 6.04. The summed E-state index contributed by atoms with van der Waals surface area (Å²) >= 11 is 0. The predicted molar refractivity (Wildman–Crippen MR) is 162 cm³/mol. The second-order valence-corrected chi connectivity index (χ2v) is 14.6. The number of benzene rings is 2. The Labute approximate surface area is 260 Å². The maximum absolute atomic E-state index is 13.2. The molecule has 5 rings (SSSR count). The summed E-state index contributed by atoms with van der Waals surface area (Å²) in [5, 5.41) is 10.3. The Hall–Kier alpha value is -3.89. The molecule has 2 saturated heterocycles. The van der Waals surface area contributed by atoms with Gasteiger partial charge < -0.3 is 14.2 Å². The average molecular weight is 645 g/mol. The van der Waals surface area contributed by atoms with Crippen molar-refractivity contribution >= 4 is 32.8 Å². The van der Waals surface area contributed by atoms with E-state index in [1.165, 1.54) is 4.90 Å². The second-order valence-electron chi connectivity index (χ2n) is 12.6. The zero-order chi connectivity index (χ0) is 32.7. The van der Waals surface area contributed by atoms with Crippen LogP contribution in [0.1, 0.15) is 57.2 Å². The SMILES string of the molecule is CC(C)(C)OC(=O)N1CC(C(=O)CCc2ccc3c(-c4cccc(C#N)c4)cn(C4CCN(S(=O)(=O)C(F)(F)F)CC4)c3c2)C1. The van der Waals surface area contributed by atoms with Crippen LogP contribution in [-0.2, 0) is 26.0 Å². The third-order valence-corrected chi connectivity index (χ3v) is 9.93. The van der Waals surface area contributed by atoms with E-state index in [9.17, 15) is 36.4 Å². The van der Waals surface area contributed by atoms with Crippen molar-refractivity contribution in [1.29, 1.82) is 5.26 Å². The first-order valence-electron chi connectivity index (χ1n) is 14.8. The van der Waals surface area contributed by atoms with E-state index in [4.69, 9.17) is 4.74 Å². The number of carbonyl (C=O) groups excluding carboxylic acids is 2. The minimum Gasteiger partial charge on any atom is -0.444 e. The van der Waals surface area contributed by atoms with Gasteiger partial charge in [-0.15, -0.1) is 0 Å². The highest BCUT2D eigenvalue weighted by molar-refractivity contribution is 7.90. The summed E-state index contributed by atoms with van der Waals surface area (Å²) in [7, 11) is -5.40. The molecule has 240 valence electrons. The molecule has 2 aliphatic heterocycles. The average Bonchev–Trinajstić information content (AvgIpc) is 3.33. The smallest absolute Gasteiger partial charge is 0.444 e. The van der Waals surface area contributed by atoms with Crippen molar-refractivity contribution in [2.24, 2.45) is 5.92 Å². The van der Waals surface area contributed by atoms with Crippen LogP contribution in [0, 0.1) is 17.2 Å². The lowest BCUT2D eigenvalue weighted by atomic mass is 9.91. The number of nitrogens with zero attached hydrogens (tertiary/aromatic N) is 4. The topological polar surface area (TPSA) is 113 Å². The molecule has 0 bridgehead atoms. The molecular formula is C32H35F3N4O5S. The van der Waals surface area contributed by atoms with E-state index in [2.05, 4.69) is 6.07 Å². The van der Waals surface area contributed by atoms with E-state index in [0.717, 1.165) is 27.6 Å². The Morgan fingerprint density at radius 2 is 1.73 bits per heavy atom. The molecule has 2 fully saturated rings. The Morgan fingerprint density at radius 3 is 2.36 bits per heavy atom. The molecule has 45 heavy (non-hydrogen) atoms. The van der Waals surface area contributed by atoms with Gasteiger partial charge in [0.1, 0.15) is 11.4 Å². The van der Waals surface area contributed by atoms with E-state index in [0.29, 0.717) is 29.4 Å². The molecule has 0 unspecified atom stereocenters. The standard InChI is InChI=1S/C32H35F3N4O5S/c1-31(2,3)44-30(41)37-18-24(19-37)29(40)10-8-21-7-9-26-27(23-6-4-5-22(15-23)17-36)20-39(28(26)16-21)25-11-13-38(14-12-25)45(42,43)32(33,34)35/h4-7,9,15-16,20,24-25H,8,10-14,18-19H2,1-3H3. The molecule has 0 saturated carbocycles. The van der Waals surface area contributed by atoms with Crippen molar-refractivity contribution in [3.05, 3.63) is 59.8 Å². The van der Waals surface area contributed by atoms with Gasteiger partial charge in [-0.3, -0.25) is 4.79 Å². The van der Waals surface area contributed by atoms with Crippen molar-refractivity contribution < 1.29 is 35.9 Å². The maximum Gasteiger partial charge on any atom is 0.511 e. The number of hydrogen-bond donors (Lipinski definition) is 0. The Bertz CT molecular complexity index is 1760. The first kappa shape index (κ1) is 32.5. The molecule has 0 aliphatic carbocycles. The number of fused-ring (bicyclic) bond motifs is 1. The number of nitriles is 1. The number of sulfonamides is 1. The summed E-state index contributed by atoms with van der Waals surface area (Å²) in [5.74, 6) is -0.195. The molecule has 1 aromatic heterocycles. The van der Waals surface area contributed by atoms with E-state index in [1.54, 1.807) is 39.0 Å². The third kappa shape index (κ3) is 6.87. The molecule has 2 aromatic carbocycles. The summed E-state index contributed by atoms with van der Waals surface area (Å²) in [5.41, 5.74) is -2.13. The van der Waals surface area contributed by atoms with E-state index in [-0.39, 0.29) is 50.1 Å². The summed E-state index contributed by atoms with van der Waals surface area (Å²) < 4.78 is 71.3. The highest BCUT2D eigenvalue weighted by Gasteiger charge is 2.50. The number of aryl methyl sites for hydroxylation is 1. The molecule has 1 amide bonds. The summed E-state index contributed by atoms with van der Waals surface area (Å²) in [6.07, 6.45) is 2.60. The van der Waals surface area contributed by atoms with Crippen LogP contribution in [0.5, 0.6) is 0 Å². The van der Waals surface area contributed by atoms with Crippen LogP contribution in [0.25, 0.3) is 22.0 Å². The van der Waals surface area contributed by atoms with Gasteiger partial charge >= 0.3 is 21.6 Å². The van der Waals surface area contributed by atoms with Gasteiger partial charge in [0.25, 0.3) is 0 Å². The fraction of sp³-hybridized carbons (Fsp3) is 0.469. The molecule has 0 N–H and O–H groups in total. The van der Waals surface area contributed by atoms with Gasteiger partial charge in [-0.1, -0.05) is 24.3 Å². The zero-order valence-electron chi connectivity index (χ0n) is 25.3. The van der Waals surface area contributed by atoms with Gasteiger partial charge in [0.05, 0.1) is 17.6 Å². The number of likely N-dealkylation sites (tertiary alicyclic amines) is 1. The summed E-state index contributed by atoms with van der Waals surface area (Å²) in [4.78, 5) is 26.7. The lowest BCUT2D eigenvalue weighted by Gasteiger charge is -2.38.